The average Bonchev–Trinajstić information content (AvgIpc) is 1.65. The van der Waals surface area contributed by atoms with Crippen LogP contribution in [-0.2, 0) is 0 Å². The highest BCUT2D eigenvalue weighted by Gasteiger charge is 1.95. The van der Waals surface area contributed by atoms with E-state index in [-0.39, 0.29) is 6.17 Å². The SMILES string of the molecule is CNN(C)C(C)N. The molecule has 0 aromatic heterocycles. The Kier molecular flexibility index (Phi) is 2.91. The summed E-state index contributed by atoms with van der Waals surface area (Å²) in [6, 6.07) is 0. The van der Waals surface area contributed by atoms with Crippen molar-refractivity contribution in [2.24, 2.45) is 5.73 Å². The van der Waals surface area contributed by atoms with E-state index >= 15 is 0 Å². The van der Waals surface area contributed by atoms with Gasteiger partial charge in [-0.05, 0) is 14.0 Å². The molecule has 0 aromatic carbocycles. The Morgan fingerprint density at radius 2 is 2.14 bits per heavy atom. The van der Waals surface area contributed by atoms with E-state index in [4.69, 9.17) is 5.73 Å². The molecule has 0 spiro atoms. The summed E-state index contributed by atoms with van der Waals surface area (Å²) in [7, 11) is 3.73. The summed E-state index contributed by atoms with van der Waals surface area (Å²) < 4.78 is 0. The number of nitrogens with two attached hydrogens (primary N) is 1. The minimum atomic E-state index is 0.0880. The predicted octanol–water partition coefficient (Wildman–Crippen LogP) is -0.643. The van der Waals surface area contributed by atoms with Crippen LogP contribution in [0.1, 0.15) is 6.92 Å². The fourth-order valence-electron chi connectivity index (χ4n) is 0.204. The topological polar surface area (TPSA) is 41.3 Å². The van der Waals surface area contributed by atoms with Crippen molar-refractivity contribution in [3.05, 3.63) is 0 Å². The van der Waals surface area contributed by atoms with Gasteiger partial charge in [0.05, 0.1) is 6.17 Å². The maximum absolute atomic E-state index is 5.41. The second-order valence-electron chi connectivity index (χ2n) is 1.58. The van der Waals surface area contributed by atoms with Gasteiger partial charge < -0.3 is 5.73 Å². The zero-order chi connectivity index (χ0) is 5.86. The number of nitrogens with zero attached hydrogens (tertiary/aromatic N) is 1. The van der Waals surface area contributed by atoms with E-state index in [9.17, 15) is 0 Å². The maximum atomic E-state index is 5.41. The molecule has 0 rings (SSSR count). The Hall–Kier alpha value is -0.120. The monoisotopic (exact) mass is 103 g/mol. The van der Waals surface area contributed by atoms with Crippen LogP contribution in [0, 0.1) is 0 Å². The minimum Gasteiger partial charge on any atom is -0.315 e. The van der Waals surface area contributed by atoms with Crippen molar-refractivity contribution in [3.8, 4) is 0 Å². The van der Waals surface area contributed by atoms with Crippen molar-refractivity contribution in [3.63, 3.8) is 0 Å². The van der Waals surface area contributed by atoms with Gasteiger partial charge in [0.2, 0.25) is 0 Å². The highest BCUT2D eigenvalue weighted by Crippen LogP contribution is 1.75. The molecule has 0 bridgehead atoms. The number of nitrogens with one attached hydrogen (secondary N) is 1. The molecule has 0 saturated heterocycles. The summed E-state index contributed by atoms with van der Waals surface area (Å²) in [6.07, 6.45) is 0.0880. The highest BCUT2D eigenvalue weighted by molar-refractivity contribution is 4.43. The van der Waals surface area contributed by atoms with E-state index in [0.717, 1.165) is 0 Å². The van der Waals surface area contributed by atoms with Gasteiger partial charge in [-0.3, -0.25) is 5.43 Å². The van der Waals surface area contributed by atoms with Gasteiger partial charge in [-0.25, -0.2) is 5.01 Å². The largest absolute Gasteiger partial charge is 0.315 e. The third-order valence-electron chi connectivity index (χ3n) is 0.964. The molecule has 0 fully saturated rings. The molecular formula is C4H13N3. The molecule has 0 aliphatic heterocycles. The molecule has 0 aromatic rings. The van der Waals surface area contributed by atoms with Crippen LogP contribution in [0.3, 0.4) is 0 Å². The zero-order valence-electron chi connectivity index (χ0n) is 5.10. The van der Waals surface area contributed by atoms with Crippen LogP contribution in [0.2, 0.25) is 0 Å². The average molecular weight is 103 g/mol. The third-order valence-corrected chi connectivity index (χ3v) is 0.964. The van der Waals surface area contributed by atoms with Gasteiger partial charge in [0.15, 0.2) is 0 Å². The molecule has 1 atom stereocenters. The molecule has 0 radical (unpaired) electrons. The van der Waals surface area contributed by atoms with E-state index < -0.39 is 0 Å². The van der Waals surface area contributed by atoms with Crippen LogP contribution in [-0.4, -0.2) is 25.3 Å². The molecule has 1 unspecified atom stereocenters. The van der Waals surface area contributed by atoms with Crippen LogP contribution in [0.15, 0.2) is 0 Å². The second-order valence-corrected chi connectivity index (χ2v) is 1.58. The Morgan fingerprint density at radius 3 is 2.14 bits per heavy atom. The van der Waals surface area contributed by atoms with E-state index in [0.29, 0.717) is 0 Å². The molecule has 3 heteroatoms. The lowest BCUT2D eigenvalue weighted by Crippen LogP contribution is -2.43. The van der Waals surface area contributed by atoms with Gasteiger partial charge in [-0.2, -0.15) is 0 Å². The molecule has 0 heterocycles. The summed E-state index contributed by atoms with van der Waals surface area (Å²) >= 11 is 0. The molecule has 7 heavy (non-hydrogen) atoms. The first-order valence-corrected chi connectivity index (χ1v) is 2.34. The Labute approximate surface area is 44.5 Å². The lowest BCUT2D eigenvalue weighted by atomic mass is 10.6. The quantitative estimate of drug-likeness (QED) is 0.361. The normalized spacial score (nSPS) is 15.0. The minimum absolute atomic E-state index is 0.0880. The van der Waals surface area contributed by atoms with Crippen molar-refractivity contribution < 1.29 is 0 Å². The molecule has 44 valence electrons. The van der Waals surface area contributed by atoms with Crippen molar-refractivity contribution in [2.75, 3.05) is 14.1 Å². The molecule has 0 saturated carbocycles. The zero-order valence-corrected chi connectivity index (χ0v) is 5.10. The first kappa shape index (κ1) is 6.88. The molecular weight excluding hydrogens is 90.1 g/mol. The van der Waals surface area contributed by atoms with Crippen molar-refractivity contribution in [1.82, 2.24) is 10.4 Å². The fraction of sp³-hybridized carbons (Fsp3) is 1.00. The van der Waals surface area contributed by atoms with Gasteiger partial charge in [0, 0.05) is 7.05 Å². The molecule has 3 N–H and O–H groups in total. The van der Waals surface area contributed by atoms with Crippen LogP contribution >= 0.6 is 0 Å². The predicted molar refractivity (Wildman–Crippen MR) is 30.5 cm³/mol. The van der Waals surface area contributed by atoms with Crippen LogP contribution in [0.25, 0.3) is 0 Å². The summed E-state index contributed by atoms with van der Waals surface area (Å²) in [5.74, 6) is 0. The fourth-order valence-corrected chi connectivity index (χ4v) is 0.204. The molecule has 0 aliphatic rings. The first-order valence-electron chi connectivity index (χ1n) is 2.34. The summed E-state index contributed by atoms with van der Waals surface area (Å²) in [5.41, 5.74) is 8.28. The smallest absolute Gasteiger partial charge is 0.0675 e. The molecule has 0 aliphatic carbocycles. The first-order chi connectivity index (χ1) is 3.18. The highest BCUT2D eigenvalue weighted by atomic mass is 15.5. The van der Waals surface area contributed by atoms with Crippen LogP contribution in [0.5, 0.6) is 0 Å². The lowest BCUT2D eigenvalue weighted by molar-refractivity contribution is 0.198. The van der Waals surface area contributed by atoms with E-state index in [1.165, 1.54) is 0 Å². The lowest BCUT2D eigenvalue weighted by Gasteiger charge is -2.18. The Bertz CT molecular complexity index is 44.2. The Morgan fingerprint density at radius 1 is 1.71 bits per heavy atom. The van der Waals surface area contributed by atoms with E-state index in [1.54, 1.807) is 0 Å². The number of hydrogen-bond acceptors (Lipinski definition) is 3. The number of hydrogen-bond donors (Lipinski definition) is 2. The van der Waals surface area contributed by atoms with Crippen molar-refractivity contribution in [2.45, 2.75) is 13.1 Å². The third kappa shape index (κ3) is 2.56. The van der Waals surface area contributed by atoms with Crippen LogP contribution in [0.4, 0.5) is 0 Å². The summed E-state index contributed by atoms with van der Waals surface area (Å²) in [5, 5.41) is 1.82. The second kappa shape index (κ2) is 2.96. The van der Waals surface area contributed by atoms with Gasteiger partial charge in [0.25, 0.3) is 0 Å². The number of hydrazine groups is 1. The summed E-state index contributed by atoms with van der Waals surface area (Å²) in [4.78, 5) is 0. The van der Waals surface area contributed by atoms with Crippen molar-refractivity contribution in [1.29, 1.82) is 0 Å². The van der Waals surface area contributed by atoms with Gasteiger partial charge in [-0.1, -0.05) is 0 Å². The maximum Gasteiger partial charge on any atom is 0.0675 e. The standard InChI is InChI=1S/C4H13N3/c1-4(5)7(3)6-2/h4,6H,5H2,1-3H3. The van der Waals surface area contributed by atoms with Crippen LogP contribution < -0.4 is 11.2 Å². The summed E-state index contributed by atoms with van der Waals surface area (Å²) in [6.45, 7) is 1.91. The van der Waals surface area contributed by atoms with Crippen molar-refractivity contribution >= 4 is 0 Å². The van der Waals surface area contributed by atoms with Gasteiger partial charge in [-0.15, -0.1) is 0 Å². The van der Waals surface area contributed by atoms with Gasteiger partial charge in [0.1, 0.15) is 0 Å². The van der Waals surface area contributed by atoms with E-state index in [2.05, 4.69) is 5.43 Å². The number of rotatable bonds is 2. The molecule has 3 nitrogen and oxygen atoms in total. The molecule has 0 amide bonds. The Balaban J connectivity index is 3.14. The van der Waals surface area contributed by atoms with Gasteiger partial charge >= 0.3 is 0 Å². The van der Waals surface area contributed by atoms with E-state index in [1.807, 2.05) is 26.0 Å².